The van der Waals surface area contributed by atoms with Crippen LogP contribution >= 0.6 is 11.5 Å². The third kappa shape index (κ3) is 2.72. The molecule has 0 aliphatic rings. The summed E-state index contributed by atoms with van der Waals surface area (Å²) in [6, 6.07) is 12.2. The van der Waals surface area contributed by atoms with Crippen LogP contribution in [0.5, 0.6) is 0 Å². The van der Waals surface area contributed by atoms with Crippen LogP contribution in [-0.2, 0) is 0 Å². The molecule has 1 aromatic carbocycles. The van der Waals surface area contributed by atoms with Gasteiger partial charge in [0.25, 0.3) is 0 Å². The van der Waals surface area contributed by atoms with Gasteiger partial charge in [-0.2, -0.15) is 5.10 Å². The molecule has 1 N–H and O–H groups in total. The number of benzene rings is 1. The fraction of sp³-hybridized carbons (Fsp3) is 0.267. The number of hydrogen-bond acceptors (Lipinski definition) is 5. The maximum Gasteiger partial charge on any atom is 0.0881 e. The van der Waals surface area contributed by atoms with Crippen LogP contribution in [0.1, 0.15) is 29.2 Å². The molecule has 108 valence electrons. The van der Waals surface area contributed by atoms with E-state index in [2.05, 4.69) is 39.1 Å². The summed E-state index contributed by atoms with van der Waals surface area (Å²) in [5.74, 6) is 0. The van der Waals surface area contributed by atoms with Gasteiger partial charge in [0.05, 0.1) is 28.0 Å². The Hall–Kier alpha value is -2.05. The molecule has 5 nitrogen and oxygen atoms in total. The molecule has 1 unspecified atom stereocenters. The van der Waals surface area contributed by atoms with Gasteiger partial charge in [-0.25, -0.2) is 4.68 Å². The lowest BCUT2D eigenvalue weighted by molar-refractivity contribution is 0.598. The molecule has 1 atom stereocenters. The fourth-order valence-corrected chi connectivity index (χ4v) is 3.09. The number of rotatable bonds is 5. The zero-order valence-electron chi connectivity index (χ0n) is 12.0. The minimum atomic E-state index is 0.0534. The normalized spacial score (nSPS) is 12.5. The van der Waals surface area contributed by atoms with E-state index in [1.165, 1.54) is 11.5 Å². The molecular weight excluding hydrogens is 282 g/mol. The highest BCUT2D eigenvalue weighted by Gasteiger charge is 2.22. The number of aromatic nitrogens is 4. The van der Waals surface area contributed by atoms with Crippen molar-refractivity contribution in [2.24, 2.45) is 0 Å². The van der Waals surface area contributed by atoms with Crippen molar-refractivity contribution in [3.05, 3.63) is 58.9 Å². The van der Waals surface area contributed by atoms with E-state index in [0.717, 1.165) is 28.5 Å². The van der Waals surface area contributed by atoms with E-state index in [1.54, 1.807) is 0 Å². The highest BCUT2D eigenvalue weighted by molar-refractivity contribution is 7.05. The average molecular weight is 299 g/mol. The molecule has 0 radical (unpaired) electrons. The van der Waals surface area contributed by atoms with Gasteiger partial charge in [0.1, 0.15) is 0 Å². The minimum Gasteiger partial charge on any atom is -0.304 e. The van der Waals surface area contributed by atoms with Crippen LogP contribution in [0.3, 0.4) is 0 Å². The van der Waals surface area contributed by atoms with Gasteiger partial charge in [0, 0.05) is 6.20 Å². The molecule has 3 aromatic rings. The summed E-state index contributed by atoms with van der Waals surface area (Å²) in [5.41, 5.74) is 3.11. The summed E-state index contributed by atoms with van der Waals surface area (Å²) >= 11 is 1.44. The van der Waals surface area contributed by atoms with Gasteiger partial charge in [-0.1, -0.05) is 29.6 Å². The third-order valence-electron chi connectivity index (χ3n) is 3.33. The van der Waals surface area contributed by atoms with E-state index in [1.807, 2.05) is 42.1 Å². The molecule has 0 fully saturated rings. The molecule has 0 saturated carbocycles. The van der Waals surface area contributed by atoms with E-state index >= 15 is 0 Å². The summed E-state index contributed by atoms with van der Waals surface area (Å²) in [6.07, 6.45) is 1.83. The molecule has 3 rings (SSSR count). The highest BCUT2D eigenvalue weighted by Crippen LogP contribution is 2.27. The highest BCUT2D eigenvalue weighted by atomic mass is 32.1. The van der Waals surface area contributed by atoms with Gasteiger partial charge in [-0.15, -0.1) is 5.10 Å². The zero-order valence-corrected chi connectivity index (χ0v) is 12.8. The maximum atomic E-state index is 4.47. The van der Waals surface area contributed by atoms with E-state index < -0.39 is 0 Å². The first kappa shape index (κ1) is 13.9. The Bertz CT molecular complexity index is 704. The van der Waals surface area contributed by atoms with Crippen LogP contribution in [0.25, 0.3) is 5.69 Å². The van der Waals surface area contributed by atoms with Crippen LogP contribution in [0.2, 0.25) is 0 Å². The Morgan fingerprint density at radius 3 is 2.71 bits per heavy atom. The van der Waals surface area contributed by atoms with Crippen molar-refractivity contribution in [1.29, 1.82) is 0 Å². The summed E-state index contributed by atoms with van der Waals surface area (Å²) in [7, 11) is 0. The van der Waals surface area contributed by atoms with E-state index in [-0.39, 0.29) is 6.04 Å². The molecule has 0 bridgehead atoms. The Morgan fingerprint density at radius 2 is 2.05 bits per heavy atom. The van der Waals surface area contributed by atoms with Crippen LogP contribution in [0.4, 0.5) is 0 Å². The molecule has 0 aliphatic heterocycles. The molecule has 2 heterocycles. The van der Waals surface area contributed by atoms with Gasteiger partial charge in [0.15, 0.2) is 0 Å². The van der Waals surface area contributed by atoms with Gasteiger partial charge < -0.3 is 5.32 Å². The van der Waals surface area contributed by atoms with Gasteiger partial charge >= 0.3 is 0 Å². The van der Waals surface area contributed by atoms with E-state index in [4.69, 9.17) is 0 Å². The number of aryl methyl sites for hydroxylation is 1. The van der Waals surface area contributed by atoms with Crippen molar-refractivity contribution in [2.75, 3.05) is 6.54 Å². The molecule has 21 heavy (non-hydrogen) atoms. The van der Waals surface area contributed by atoms with Gasteiger partial charge in [-0.3, -0.25) is 0 Å². The Morgan fingerprint density at radius 1 is 1.24 bits per heavy atom. The average Bonchev–Trinajstić information content (AvgIpc) is 3.15. The first-order chi connectivity index (χ1) is 10.3. The maximum absolute atomic E-state index is 4.47. The Balaban J connectivity index is 2.06. The lowest BCUT2D eigenvalue weighted by Gasteiger charge is -2.18. The first-order valence-corrected chi connectivity index (χ1v) is 7.70. The molecule has 0 aliphatic carbocycles. The molecule has 0 spiro atoms. The Kier molecular flexibility index (Phi) is 4.08. The quantitative estimate of drug-likeness (QED) is 0.787. The Labute approximate surface area is 127 Å². The van der Waals surface area contributed by atoms with Crippen molar-refractivity contribution in [3.8, 4) is 5.69 Å². The number of para-hydroxylation sites is 1. The summed E-state index contributed by atoms with van der Waals surface area (Å²) in [6.45, 7) is 4.95. The van der Waals surface area contributed by atoms with E-state index in [9.17, 15) is 0 Å². The molecule has 6 heteroatoms. The van der Waals surface area contributed by atoms with E-state index in [0.29, 0.717) is 0 Å². The summed E-state index contributed by atoms with van der Waals surface area (Å²) < 4.78 is 6.02. The second-order valence-corrected chi connectivity index (χ2v) is 5.50. The fourth-order valence-electron chi connectivity index (χ4n) is 2.36. The molecular formula is C15H17N5S. The van der Waals surface area contributed by atoms with Gasteiger partial charge in [-0.05, 0) is 43.2 Å². The van der Waals surface area contributed by atoms with Crippen LogP contribution < -0.4 is 5.32 Å². The molecule has 0 saturated heterocycles. The first-order valence-electron chi connectivity index (χ1n) is 6.93. The zero-order chi connectivity index (χ0) is 14.7. The topological polar surface area (TPSA) is 55.6 Å². The summed E-state index contributed by atoms with van der Waals surface area (Å²) in [4.78, 5) is 1.13. The minimum absolute atomic E-state index is 0.0534. The lowest BCUT2D eigenvalue weighted by atomic mass is 10.1. The lowest BCUT2D eigenvalue weighted by Crippen LogP contribution is -2.24. The van der Waals surface area contributed by atoms with Gasteiger partial charge in [0.2, 0.25) is 0 Å². The standard InChI is InChI=1S/C15H17N5S/c1-3-16-14(15-11(2)18-19-21-15)13-9-10-17-20(13)12-7-5-4-6-8-12/h4-10,14,16H,3H2,1-2H3. The van der Waals surface area contributed by atoms with Crippen LogP contribution in [0, 0.1) is 6.92 Å². The predicted octanol–water partition coefficient (Wildman–Crippen LogP) is 2.73. The SMILES string of the molecule is CCNC(c1snnc1C)c1ccnn1-c1ccccc1. The monoisotopic (exact) mass is 299 g/mol. The largest absolute Gasteiger partial charge is 0.304 e. The third-order valence-corrected chi connectivity index (χ3v) is 4.22. The summed E-state index contributed by atoms with van der Waals surface area (Å²) in [5, 5.41) is 12.1. The van der Waals surface area contributed by atoms with Crippen molar-refractivity contribution in [2.45, 2.75) is 19.9 Å². The van der Waals surface area contributed by atoms with Crippen molar-refractivity contribution in [1.82, 2.24) is 24.7 Å². The van der Waals surface area contributed by atoms with Crippen molar-refractivity contribution < 1.29 is 0 Å². The van der Waals surface area contributed by atoms with Crippen LogP contribution in [0.15, 0.2) is 42.6 Å². The van der Waals surface area contributed by atoms with Crippen LogP contribution in [-0.4, -0.2) is 25.9 Å². The van der Waals surface area contributed by atoms with Crippen molar-refractivity contribution in [3.63, 3.8) is 0 Å². The number of hydrogen-bond donors (Lipinski definition) is 1. The van der Waals surface area contributed by atoms with Crippen molar-refractivity contribution >= 4 is 11.5 Å². The smallest absolute Gasteiger partial charge is 0.0881 e. The number of nitrogens with one attached hydrogen (secondary N) is 1. The molecule has 0 amide bonds. The molecule has 2 aromatic heterocycles. The second-order valence-electron chi connectivity index (χ2n) is 4.72. The second kappa shape index (κ2) is 6.15. The number of nitrogens with zero attached hydrogens (tertiary/aromatic N) is 4. The predicted molar refractivity (Wildman–Crippen MR) is 83.7 cm³/mol.